The Bertz CT molecular complexity index is 918. The molecule has 0 amide bonds. The fraction of sp³-hybridized carbons (Fsp3) is 0.654. The van der Waals surface area contributed by atoms with Crippen molar-refractivity contribution in [3.05, 3.63) is 33.3 Å². The molecule has 5 atom stereocenters. The first-order valence-electron chi connectivity index (χ1n) is 11.9. The van der Waals surface area contributed by atoms with E-state index in [-0.39, 0.29) is 6.42 Å². The zero-order chi connectivity index (χ0) is 25.6. The van der Waals surface area contributed by atoms with Crippen LogP contribution in [-0.4, -0.2) is 56.5 Å². The zero-order valence-corrected chi connectivity index (χ0v) is 21.9. The number of nitrogens with zero attached hydrogens (tertiary/aromatic N) is 1. The van der Waals surface area contributed by atoms with Crippen molar-refractivity contribution in [1.82, 2.24) is 4.98 Å². The Morgan fingerprint density at radius 1 is 1.24 bits per heavy atom. The number of thiazole rings is 1. The van der Waals surface area contributed by atoms with Gasteiger partial charge in [0, 0.05) is 17.7 Å². The highest BCUT2D eigenvalue weighted by molar-refractivity contribution is 7.09. The molecule has 8 heteroatoms. The monoisotopic (exact) mass is 493 g/mol. The number of hydrogen-bond acceptors (Lipinski definition) is 8. The molecule has 0 saturated carbocycles. The van der Waals surface area contributed by atoms with Gasteiger partial charge in [-0.3, -0.25) is 9.59 Å². The largest absolute Gasteiger partial charge is 0.457 e. The van der Waals surface area contributed by atoms with Crippen molar-refractivity contribution in [2.45, 2.75) is 98.1 Å². The van der Waals surface area contributed by atoms with Crippen molar-refractivity contribution in [1.29, 1.82) is 0 Å². The number of rotatable bonds is 2. The third-order valence-electron chi connectivity index (χ3n) is 6.69. The molecule has 1 aromatic heterocycles. The molecule has 3 N–H and O–H groups in total. The summed E-state index contributed by atoms with van der Waals surface area (Å²) in [4.78, 5) is 30.3. The Morgan fingerprint density at radius 3 is 2.53 bits per heavy atom. The second kappa shape index (κ2) is 12.2. The molecule has 0 radical (unpaired) electrons. The number of carbonyl (C=O) groups excluding carboxylic acids is 2. The van der Waals surface area contributed by atoms with E-state index in [9.17, 15) is 24.9 Å². The summed E-state index contributed by atoms with van der Waals surface area (Å²) in [5.74, 6) is -1.90. The van der Waals surface area contributed by atoms with Gasteiger partial charge in [-0.1, -0.05) is 32.4 Å². The van der Waals surface area contributed by atoms with Crippen molar-refractivity contribution < 1.29 is 29.6 Å². The molecule has 0 fully saturated rings. The normalized spacial score (nSPS) is 32.1. The lowest BCUT2D eigenvalue weighted by atomic mass is 9.74. The van der Waals surface area contributed by atoms with Gasteiger partial charge in [-0.25, -0.2) is 4.98 Å². The Hall–Kier alpha value is -1.87. The maximum absolute atomic E-state index is 13.1. The average Bonchev–Trinajstić information content (AvgIpc) is 3.18. The Labute approximate surface area is 206 Å². The molecule has 2 rings (SSSR count). The fourth-order valence-corrected chi connectivity index (χ4v) is 4.70. The van der Waals surface area contributed by atoms with Gasteiger partial charge in [-0.05, 0) is 51.7 Å². The summed E-state index contributed by atoms with van der Waals surface area (Å²) in [5.41, 5.74) is 1.42. The van der Waals surface area contributed by atoms with Crippen molar-refractivity contribution in [3.63, 3.8) is 0 Å². The van der Waals surface area contributed by atoms with Crippen molar-refractivity contribution in [3.8, 4) is 0 Å². The number of aromatic nitrogens is 1. The van der Waals surface area contributed by atoms with Gasteiger partial charge in [-0.2, -0.15) is 0 Å². The van der Waals surface area contributed by atoms with Gasteiger partial charge >= 0.3 is 5.97 Å². The van der Waals surface area contributed by atoms with E-state index in [2.05, 4.69) is 4.98 Å². The van der Waals surface area contributed by atoms with Crippen molar-refractivity contribution >= 4 is 29.2 Å². The van der Waals surface area contributed by atoms with E-state index in [1.165, 1.54) is 0 Å². The second-order valence-electron chi connectivity index (χ2n) is 9.99. The van der Waals surface area contributed by atoms with Crippen LogP contribution in [-0.2, 0) is 14.3 Å². The van der Waals surface area contributed by atoms with Crippen LogP contribution < -0.4 is 0 Å². The molecule has 190 valence electrons. The number of allylic oxidation sites excluding steroid dienone is 1. The van der Waals surface area contributed by atoms with Gasteiger partial charge in [0.05, 0.1) is 40.8 Å². The third-order valence-corrected chi connectivity index (χ3v) is 7.49. The molecule has 0 aromatic carbocycles. The van der Waals surface area contributed by atoms with Gasteiger partial charge in [-0.15, -0.1) is 11.3 Å². The van der Waals surface area contributed by atoms with Gasteiger partial charge < -0.3 is 20.1 Å². The lowest BCUT2D eigenvalue weighted by Crippen LogP contribution is -2.47. The van der Waals surface area contributed by atoms with E-state index >= 15 is 0 Å². The number of cyclic esters (lactones) is 1. The zero-order valence-electron chi connectivity index (χ0n) is 21.1. The second-order valence-corrected chi connectivity index (χ2v) is 11.1. The minimum atomic E-state index is -1.30. The van der Waals surface area contributed by atoms with Crippen LogP contribution in [0.4, 0.5) is 0 Å². The highest BCUT2D eigenvalue weighted by Crippen LogP contribution is 2.31. The third kappa shape index (κ3) is 7.57. The fourth-order valence-electron chi connectivity index (χ4n) is 4.13. The molecule has 1 aliphatic heterocycles. The quantitative estimate of drug-likeness (QED) is 0.421. The van der Waals surface area contributed by atoms with E-state index in [4.69, 9.17) is 4.74 Å². The number of carbonyl (C=O) groups is 2. The maximum atomic E-state index is 13.1. The highest BCUT2D eigenvalue weighted by Gasteiger charge is 2.42. The smallest absolute Gasteiger partial charge is 0.309 e. The number of hydrogen-bond donors (Lipinski definition) is 3. The molecule has 0 unspecified atom stereocenters. The molecule has 0 spiro atoms. The van der Waals surface area contributed by atoms with Crippen LogP contribution in [0.2, 0.25) is 0 Å². The van der Waals surface area contributed by atoms with Gasteiger partial charge in [0.25, 0.3) is 0 Å². The summed E-state index contributed by atoms with van der Waals surface area (Å²) in [6.45, 7) is 10.4. The molecular formula is C26H39NO6S. The number of Topliss-reactive ketones (excluding diaryl/α,β-unsaturated/α-hetero) is 1. The average molecular weight is 494 g/mol. The molecular weight excluding hydrogens is 454 g/mol. The summed E-state index contributed by atoms with van der Waals surface area (Å²) in [6, 6.07) is 0. The van der Waals surface area contributed by atoms with E-state index in [0.29, 0.717) is 25.7 Å². The molecule has 1 aromatic rings. The first-order valence-corrected chi connectivity index (χ1v) is 12.7. The predicted octanol–water partition coefficient (Wildman–Crippen LogP) is 3.99. The Morgan fingerprint density at radius 2 is 1.91 bits per heavy atom. The van der Waals surface area contributed by atoms with Crippen LogP contribution >= 0.6 is 11.3 Å². The first kappa shape index (κ1) is 28.4. The van der Waals surface area contributed by atoms with Gasteiger partial charge in [0.2, 0.25) is 0 Å². The summed E-state index contributed by atoms with van der Waals surface area (Å²) < 4.78 is 5.77. The van der Waals surface area contributed by atoms with Crippen molar-refractivity contribution in [2.24, 2.45) is 11.3 Å². The number of aryl methyl sites for hydroxylation is 1. The summed E-state index contributed by atoms with van der Waals surface area (Å²) in [7, 11) is 0. The number of ether oxygens (including phenoxy) is 1. The molecule has 34 heavy (non-hydrogen) atoms. The van der Waals surface area contributed by atoms with Gasteiger partial charge in [0.1, 0.15) is 11.9 Å². The number of esters is 1. The van der Waals surface area contributed by atoms with E-state index in [1.807, 2.05) is 38.3 Å². The molecule has 0 saturated heterocycles. The number of aliphatic hydroxyl groups excluding tert-OH is 3. The minimum absolute atomic E-state index is 0.355. The van der Waals surface area contributed by atoms with Crippen LogP contribution in [0.25, 0.3) is 6.08 Å². The standard InChI is InChI=1S/C26H39NO6S/c1-15-8-7-9-20(28)24(31)17(3)25(32)26(5,6)22(29)13-23(30)33-21(11-10-15)16(2)12-19-14-34-18(4)27-19/h10,12,14,17,20-22,24,28-29,31H,7-9,11,13H2,1-6H3/b15-10-,16-12+/t17-,20+,21+,22+,24-/m1/s1. The summed E-state index contributed by atoms with van der Waals surface area (Å²) in [5, 5.41) is 34.6. The van der Waals surface area contributed by atoms with Crippen LogP contribution in [0.3, 0.4) is 0 Å². The van der Waals surface area contributed by atoms with E-state index < -0.39 is 47.5 Å². The van der Waals surface area contributed by atoms with E-state index in [1.54, 1.807) is 32.1 Å². The molecule has 1 aliphatic rings. The molecule has 7 nitrogen and oxygen atoms in total. The summed E-state index contributed by atoms with van der Waals surface area (Å²) in [6.07, 6.45) is 1.62. The maximum Gasteiger partial charge on any atom is 0.309 e. The minimum Gasteiger partial charge on any atom is -0.457 e. The first-order chi connectivity index (χ1) is 15.8. The highest BCUT2D eigenvalue weighted by atomic mass is 32.1. The topological polar surface area (TPSA) is 117 Å². The molecule has 0 aliphatic carbocycles. The van der Waals surface area contributed by atoms with Gasteiger partial charge in [0.15, 0.2) is 0 Å². The lowest BCUT2D eigenvalue weighted by Gasteiger charge is -2.34. The Balaban J connectivity index is 2.33. The predicted molar refractivity (Wildman–Crippen MR) is 133 cm³/mol. The van der Waals surface area contributed by atoms with Crippen LogP contribution in [0.5, 0.6) is 0 Å². The lowest BCUT2D eigenvalue weighted by molar-refractivity contribution is -0.154. The Kier molecular flexibility index (Phi) is 10.2. The number of aliphatic hydroxyl groups is 3. The van der Waals surface area contributed by atoms with Crippen LogP contribution in [0, 0.1) is 18.3 Å². The molecule has 0 bridgehead atoms. The van der Waals surface area contributed by atoms with E-state index in [0.717, 1.165) is 21.8 Å². The number of ketones is 1. The van der Waals surface area contributed by atoms with Crippen molar-refractivity contribution in [2.75, 3.05) is 0 Å². The summed E-state index contributed by atoms with van der Waals surface area (Å²) >= 11 is 1.54. The molecule has 2 heterocycles. The van der Waals surface area contributed by atoms with Crippen LogP contribution in [0.15, 0.2) is 22.6 Å². The SMILES string of the molecule is C/C1=C/C[C@@H](/C(C)=C/c2csc(C)n2)OC(=O)C[C@H](O)C(C)(C)C(=O)[C@H](C)[C@@H](O)[C@@H](O)CCC1. The van der Waals surface area contributed by atoms with Crippen LogP contribution in [0.1, 0.15) is 77.4 Å².